The minimum absolute atomic E-state index is 0.675. The van der Waals surface area contributed by atoms with Gasteiger partial charge in [-0.15, -0.1) is 22.7 Å². The summed E-state index contributed by atoms with van der Waals surface area (Å²) in [5, 5.41) is 6.54. The summed E-state index contributed by atoms with van der Waals surface area (Å²) in [6.45, 7) is 0. The fourth-order valence-corrected chi connectivity index (χ4v) is 4.21. The summed E-state index contributed by atoms with van der Waals surface area (Å²) in [5.74, 6) is 1.35. The summed E-state index contributed by atoms with van der Waals surface area (Å²) in [4.78, 5) is 8.92. The van der Waals surface area contributed by atoms with Gasteiger partial charge >= 0.3 is 0 Å². The highest BCUT2D eigenvalue weighted by molar-refractivity contribution is 7.11. The van der Waals surface area contributed by atoms with E-state index in [1.54, 1.807) is 22.7 Å². The van der Waals surface area contributed by atoms with Crippen LogP contribution in [0.25, 0.3) is 11.1 Å². The van der Waals surface area contributed by atoms with E-state index in [4.69, 9.17) is 0 Å². The van der Waals surface area contributed by atoms with Gasteiger partial charge in [-0.1, -0.05) is 12.2 Å². The molecule has 0 spiro atoms. The monoisotopic (exact) mass is 272 g/mol. The van der Waals surface area contributed by atoms with Crippen molar-refractivity contribution in [2.75, 3.05) is 0 Å². The molecule has 2 atom stereocenters. The summed E-state index contributed by atoms with van der Waals surface area (Å²) in [6.07, 6.45) is 10.8. The van der Waals surface area contributed by atoms with Crippen LogP contribution in [0, 0.1) is 11.8 Å². The summed E-state index contributed by atoms with van der Waals surface area (Å²) < 4.78 is 0. The number of hydrogen-bond donors (Lipinski definition) is 0. The fourth-order valence-electron chi connectivity index (χ4n) is 2.72. The molecule has 90 valence electrons. The number of aromatic nitrogens is 2. The normalized spacial score (nSPS) is 26.0. The van der Waals surface area contributed by atoms with E-state index >= 15 is 0 Å². The van der Waals surface area contributed by atoms with E-state index in [1.807, 2.05) is 12.4 Å². The quantitative estimate of drug-likeness (QED) is 0.822. The van der Waals surface area contributed by atoms with E-state index < -0.39 is 0 Å². The Bertz CT molecular complexity index is 554. The van der Waals surface area contributed by atoms with Gasteiger partial charge < -0.3 is 0 Å². The Hall–Kier alpha value is -1.26. The summed E-state index contributed by atoms with van der Waals surface area (Å²) >= 11 is 3.50. The summed E-state index contributed by atoms with van der Waals surface area (Å²) in [7, 11) is 0. The Morgan fingerprint density at radius 1 is 0.889 bits per heavy atom. The predicted molar refractivity (Wildman–Crippen MR) is 76.4 cm³/mol. The Morgan fingerprint density at radius 3 is 1.89 bits per heavy atom. The third-order valence-corrected chi connectivity index (χ3v) is 5.27. The molecule has 0 radical (unpaired) electrons. The molecule has 2 aliphatic carbocycles. The van der Waals surface area contributed by atoms with E-state index in [1.165, 1.54) is 27.6 Å². The van der Waals surface area contributed by atoms with E-state index in [-0.39, 0.29) is 0 Å². The highest BCUT2D eigenvalue weighted by Crippen LogP contribution is 2.56. The van der Waals surface area contributed by atoms with Crippen molar-refractivity contribution in [3.63, 3.8) is 0 Å². The van der Waals surface area contributed by atoms with Gasteiger partial charge in [0.25, 0.3) is 0 Å². The largest absolute Gasteiger partial charge is 0.245 e. The standard InChI is InChI=1S/C14H12N2S2/c1-2-9(13-15-4-6-17-13)11-8-12(11)10(3-1)14-16-5-7-18-14/h2-7,11-12H,1,8H2. The molecule has 2 unspecified atom stereocenters. The molecular formula is C14H12N2S2. The molecule has 18 heavy (non-hydrogen) atoms. The molecule has 2 aliphatic rings. The van der Waals surface area contributed by atoms with Gasteiger partial charge in [-0.25, -0.2) is 9.97 Å². The lowest BCUT2D eigenvalue weighted by Crippen LogP contribution is -1.90. The van der Waals surface area contributed by atoms with Crippen LogP contribution in [0.4, 0.5) is 0 Å². The van der Waals surface area contributed by atoms with E-state index in [0.717, 1.165) is 6.42 Å². The second-order valence-corrected chi connectivity index (χ2v) is 6.47. The van der Waals surface area contributed by atoms with Crippen LogP contribution in [0.15, 0.2) is 35.3 Å². The molecule has 4 heteroatoms. The van der Waals surface area contributed by atoms with Gasteiger partial charge in [-0.3, -0.25) is 0 Å². The van der Waals surface area contributed by atoms with Crippen LogP contribution in [0.5, 0.6) is 0 Å². The average Bonchev–Trinajstić information content (AvgIpc) is 2.81. The maximum Gasteiger partial charge on any atom is 0.119 e. The molecule has 1 fully saturated rings. The van der Waals surface area contributed by atoms with Crippen molar-refractivity contribution < 1.29 is 0 Å². The smallest absolute Gasteiger partial charge is 0.119 e. The van der Waals surface area contributed by atoms with Crippen LogP contribution in [-0.2, 0) is 0 Å². The molecule has 0 amide bonds. The molecule has 2 aromatic rings. The maximum absolute atomic E-state index is 4.46. The number of hydrogen-bond acceptors (Lipinski definition) is 4. The summed E-state index contributed by atoms with van der Waals surface area (Å²) in [5.41, 5.74) is 2.91. The highest BCUT2D eigenvalue weighted by atomic mass is 32.1. The molecule has 0 aromatic carbocycles. The molecule has 2 aromatic heterocycles. The second kappa shape index (κ2) is 4.14. The van der Waals surface area contributed by atoms with Gasteiger partial charge in [0.05, 0.1) is 0 Å². The first-order valence-electron chi connectivity index (χ1n) is 6.13. The maximum atomic E-state index is 4.46. The van der Waals surface area contributed by atoms with Crippen molar-refractivity contribution in [2.45, 2.75) is 12.8 Å². The zero-order chi connectivity index (χ0) is 11.9. The molecule has 0 saturated heterocycles. The molecule has 0 aliphatic heterocycles. The first-order chi connectivity index (χ1) is 8.93. The van der Waals surface area contributed by atoms with Crippen molar-refractivity contribution >= 4 is 33.8 Å². The molecule has 0 bridgehead atoms. The SMILES string of the molecule is C1=C(c2nccs2)C2CC2C(c2nccs2)=CC1. The minimum atomic E-state index is 0.675. The van der Waals surface area contributed by atoms with E-state index in [9.17, 15) is 0 Å². The van der Waals surface area contributed by atoms with E-state index in [2.05, 4.69) is 32.9 Å². The molecule has 4 rings (SSSR count). The van der Waals surface area contributed by atoms with Gasteiger partial charge in [0.15, 0.2) is 0 Å². The van der Waals surface area contributed by atoms with Crippen LogP contribution in [0.1, 0.15) is 22.9 Å². The first-order valence-corrected chi connectivity index (χ1v) is 7.89. The second-order valence-electron chi connectivity index (χ2n) is 4.68. The third kappa shape index (κ3) is 1.68. The number of rotatable bonds is 2. The number of thiazole rings is 2. The van der Waals surface area contributed by atoms with Crippen LogP contribution in [0.3, 0.4) is 0 Å². The number of nitrogens with zero attached hydrogens (tertiary/aromatic N) is 2. The predicted octanol–water partition coefficient (Wildman–Crippen LogP) is 4.11. The zero-order valence-corrected chi connectivity index (χ0v) is 11.4. The molecule has 0 N–H and O–H groups in total. The van der Waals surface area contributed by atoms with Crippen LogP contribution in [0.2, 0.25) is 0 Å². The van der Waals surface area contributed by atoms with Crippen molar-refractivity contribution in [3.05, 3.63) is 45.3 Å². The Kier molecular flexibility index (Phi) is 2.45. The molecule has 2 nitrogen and oxygen atoms in total. The minimum Gasteiger partial charge on any atom is -0.245 e. The summed E-state index contributed by atoms with van der Waals surface area (Å²) in [6, 6.07) is 0. The Balaban J connectivity index is 1.66. The topological polar surface area (TPSA) is 25.8 Å². The zero-order valence-electron chi connectivity index (χ0n) is 9.74. The lowest BCUT2D eigenvalue weighted by molar-refractivity contribution is 1.03. The van der Waals surface area contributed by atoms with Crippen LogP contribution < -0.4 is 0 Å². The van der Waals surface area contributed by atoms with Crippen molar-refractivity contribution in [2.24, 2.45) is 11.8 Å². The van der Waals surface area contributed by atoms with Gasteiger partial charge in [-0.2, -0.15) is 0 Å². The number of fused-ring (bicyclic) bond motifs is 1. The molecule has 2 heterocycles. The van der Waals surface area contributed by atoms with E-state index in [0.29, 0.717) is 11.8 Å². The third-order valence-electron chi connectivity index (χ3n) is 3.62. The van der Waals surface area contributed by atoms with Gasteiger partial charge in [0.2, 0.25) is 0 Å². The molecular weight excluding hydrogens is 260 g/mol. The van der Waals surface area contributed by atoms with Crippen molar-refractivity contribution in [1.29, 1.82) is 0 Å². The van der Waals surface area contributed by atoms with Crippen LogP contribution >= 0.6 is 22.7 Å². The van der Waals surface area contributed by atoms with Gasteiger partial charge in [0.1, 0.15) is 10.0 Å². The van der Waals surface area contributed by atoms with Crippen molar-refractivity contribution in [1.82, 2.24) is 9.97 Å². The first kappa shape index (κ1) is 10.6. The Labute approximate surface area is 114 Å². The number of allylic oxidation sites excluding steroid dienone is 4. The van der Waals surface area contributed by atoms with Gasteiger partial charge in [-0.05, 0) is 35.8 Å². The van der Waals surface area contributed by atoms with Crippen LogP contribution in [-0.4, -0.2) is 9.97 Å². The van der Waals surface area contributed by atoms with Crippen molar-refractivity contribution in [3.8, 4) is 0 Å². The average molecular weight is 272 g/mol. The van der Waals surface area contributed by atoms with Gasteiger partial charge in [0, 0.05) is 23.2 Å². The lowest BCUT2D eigenvalue weighted by Gasteiger charge is -2.02. The highest BCUT2D eigenvalue weighted by Gasteiger charge is 2.44. The fraction of sp³-hybridized carbons (Fsp3) is 0.286. The Morgan fingerprint density at radius 2 is 1.44 bits per heavy atom. The molecule has 1 saturated carbocycles. The lowest BCUT2D eigenvalue weighted by atomic mass is 10.1.